The molecule has 0 spiro atoms. The van der Waals surface area contributed by atoms with Crippen molar-refractivity contribution >= 4 is 5.91 Å². The van der Waals surface area contributed by atoms with Crippen molar-refractivity contribution in [2.75, 3.05) is 6.61 Å². The van der Waals surface area contributed by atoms with Gasteiger partial charge in [0, 0.05) is 17.6 Å². The second-order valence-corrected chi connectivity index (χ2v) is 6.69. The standard InChI is InChI=1S/C13H27NO2/c1-11(2,3)13(6,7)14-10(16)12(4,5)8-9-15/h15H,8-9H2,1-7H3,(H,14,16). The van der Waals surface area contributed by atoms with Gasteiger partial charge in [-0.1, -0.05) is 34.6 Å². The van der Waals surface area contributed by atoms with Gasteiger partial charge in [-0.2, -0.15) is 0 Å². The maximum Gasteiger partial charge on any atom is 0.226 e. The molecule has 0 aliphatic carbocycles. The summed E-state index contributed by atoms with van der Waals surface area (Å²) in [6.45, 7) is 14.1. The van der Waals surface area contributed by atoms with Crippen LogP contribution in [0.15, 0.2) is 0 Å². The number of aliphatic hydroxyl groups excluding tert-OH is 1. The molecule has 0 rings (SSSR count). The number of nitrogens with one attached hydrogen (secondary N) is 1. The summed E-state index contributed by atoms with van der Waals surface area (Å²) in [5, 5.41) is 12.0. The van der Waals surface area contributed by atoms with E-state index in [1.807, 2.05) is 27.7 Å². The SMILES string of the molecule is CC(C)(CCO)C(=O)NC(C)(C)C(C)(C)C. The highest BCUT2D eigenvalue weighted by Gasteiger charge is 2.37. The lowest BCUT2D eigenvalue weighted by Crippen LogP contribution is -2.55. The Morgan fingerprint density at radius 3 is 1.81 bits per heavy atom. The monoisotopic (exact) mass is 229 g/mol. The Labute approximate surface area is 99.6 Å². The van der Waals surface area contributed by atoms with Crippen LogP contribution in [0.1, 0.15) is 54.9 Å². The highest BCUT2D eigenvalue weighted by atomic mass is 16.3. The third kappa shape index (κ3) is 3.78. The zero-order valence-electron chi connectivity index (χ0n) is 11.8. The lowest BCUT2D eigenvalue weighted by atomic mass is 9.75. The second-order valence-electron chi connectivity index (χ2n) is 6.69. The molecule has 3 nitrogen and oxygen atoms in total. The Balaban J connectivity index is 4.69. The van der Waals surface area contributed by atoms with E-state index in [1.165, 1.54) is 0 Å². The fraction of sp³-hybridized carbons (Fsp3) is 0.923. The molecule has 0 heterocycles. The molecule has 0 radical (unpaired) electrons. The van der Waals surface area contributed by atoms with Gasteiger partial charge in [0.2, 0.25) is 5.91 Å². The first-order chi connectivity index (χ1) is 6.94. The number of rotatable bonds is 4. The van der Waals surface area contributed by atoms with Crippen molar-refractivity contribution in [1.29, 1.82) is 0 Å². The van der Waals surface area contributed by atoms with Gasteiger partial charge in [-0.25, -0.2) is 0 Å². The predicted molar refractivity (Wildman–Crippen MR) is 67.2 cm³/mol. The maximum atomic E-state index is 12.1. The number of aliphatic hydroxyl groups is 1. The van der Waals surface area contributed by atoms with Gasteiger partial charge in [0.05, 0.1) is 0 Å². The van der Waals surface area contributed by atoms with E-state index in [2.05, 4.69) is 26.1 Å². The van der Waals surface area contributed by atoms with Crippen LogP contribution >= 0.6 is 0 Å². The van der Waals surface area contributed by atoms with E-state index in [0.717, 1.165) is 0 Å². The Hall–Kier alpha value is -0.570. The summed E-state index contributed by atoms with van der Waals surface area (Å²) in [6.07, 6.45) is 0.485. The first-order valence-corrected chi connectivity index (χ1v) is 5.87. The molecule has 1 amide bonds. The van der Waals surface area contributed by atoms with E-state index in [0.29, 0.717) is 6.42 Å². The lowest BCUT2D eigenvalue weighted by molar-refractivity contribution is -0.133. The van der Waals surface area contributed by atoms with Crippen LogP contribution in [-0.4, -0.2) is 23.2 Å². The first-order valence-electron chi connectivity index (χ1n) is 5.87. The third-order valence-electron chi connectivity index (χ3n) is 3.65. The predicted octanol–water partition coefficient (Wildman–Crippen LogP) is 2.34. The molecule has 0 aromatic heterocycles. The van der Waals surface area contributed by atoms with E-state index in [9.17, 15) is 4.79 Å². The van der Waals surface area contributed by atoms with Gasteiger partial charge in [0.25, 0.3) is 0 Å². The van der Waals surface area contributed by atoms with Crippen molar-refractivity contribution in [3.63, 3.8) is 0 Å². The highest BCUT2D eigenvalue weighted by molar-refractivity contribution is 5.82. The summed E-state index contributed by atoms with van der Waals surface area (Å²) in [7, 11) is 0. The second kappa shape index (κ2) is 4.74. The Morgan fingerprint density at radius 2 is 1.50 bits per heavy atom. The molecule has 0 unspecified atom stereocenters. The molecule has 0 aliphatic rings. The molecule has 3 heteroatoms. The molecule has 0 fully saturated rings. The number of hydrogen-bond donors (Lipinski definition) is 2. The topological polar surface area (TPSA) is 49.3 Å². The molecule has 16 heavy (non-hydrogen) atoms. The summed E-state index contributed by atoms with van der Waals surface area (Å²) in [4.78, 5) is 12.1. The zero-order chi connectivity index (χ0) is 13.2. The highest BCUT2D eigenvalue weighted by Crippen LogP contribution is 2.31. The zero-order valence-corrected chi connectivity index (χ0v) is 11.8. The quantitative estimate of drug-likeness (QED) is 0.777. The molecule has 0 saturated carbocycles. The van der Waals surface area contributed by atoms with Crippen LogP contribution in [0.4, 0.5) is 0 Å². The van der Waals surface area contributed by atoms with Crippen molar-refractivity contribution in [3.05, 3.63) is 0 Å². The third-order valence-corrected chi connectivity index (χ3v) is 3.65. The molecular formula is C13H27NO2. The smallest absolute Gasteiger partial charge is 0.226 e. The van der Waals surface area contributed by atoms with E-state index < -0.39 is 5.41 Å². The van der Waals surface area contributed by atoms with Crippen LogP contribution in [0.5, 0.6) is 0 Å². The normalized spacial score (nSPS) is 13.8. The van der Waals surface area contributed by atoms with E-state index in [-0.39, 0.29) is 23.5 Å². The maximum absolute atomic E-state index is 12.1. The minimum absolute atomic E-state index is 0.00137. The van der Waals surface area contributed by atoms with E-state index >= 15 is 0 Å². The van der Waals surface area contributed by atoms with E-state index in [4.69, 9.17) is 5.11 Å². The van der Waals surface area contributed by atoms with Crippen molar-refractivity contribution < 1.29 is 9.90 Å². The van der Waals surface area contributed by atoms with Crippen LogP contribution in [-0.2, 0) is 4.79 Å². The summed E-state index contributed by atoms with van der Waals surface area (Å²) < 4.78 is 0. The van der Waals surface area contributed by atoms with Crippen LogP contribution < -0.4 is 5.32 Å². The molecule has 0 atom stereocenters. The Kier molecular flexibility index (Phi) is 4.57. The fourth-order valence-corrected chi connectivity index (χ4v) is 1.03. The van der Waals surface area contributed by atoms with Crippen molar-refractivity contribution in [2.24, 2.45) is 10.8 Å². The lowest BCUT2D eigenvalue weighted by Gasteiger charge is -2.41. The first kappa shape index (κ1) is 15.4. The van der Waals surface area contributed by atoms with Gasteiger partial charge in [-0.15, -0.1) is 0 Å². The Bertz CT molecular complexity index is 249. The fourth-order valence-electron chi connectivity index (χ4n) is 1.03. The molecule has 0 bridgehead atoms. The van der Waals surface area contributed by atoms with Gasteiger partial charge in [0.1, 0.15) is 0 Å². The molecule has 0 aromatic carbocycles. The van der Waals surface area contributed by atoms with Crippen molar-refractivity contribution in [1.82, 2.24) is 5.32 Å². The minimum Gasteiger partial charge on any atom is -0.396 e. The molecule has 96 valence electrons. The largest absolute Gasteiger partial charge is 0.396 e. The van der Waals surface area contributed by atoms with E-state index in [1.54, 1.807) is 0 Å². The average Bonchev–Trinajstić information content (AvgIpc) is 2.00. The molecule has 0 aliphatic heterocycles. The number of hydrogen-bond acceptors (Lipinski definition) is 2. The van der Waals surface area contributed by atoms with Gasteiger partial charge < -0.3 is 10.4 Å². The summed E-state index contributed by atoms with van der Waals surface area (Å²) in [6, 6.07) is 0. The molecule has 0 aromatic rings. The van der Waals surface area contributed by atoms with Gasteiger partial charge >= 0.3 is 0 Å². The van der Waals surface area contributed by atoms with Crippen LogP contribution in [0, 0.1) is 10.8 Å². The number of amides is 1. The average molecular weight is 229 g/mol. The molecule has 0 saturated heterocycles. The van der Waals surface area contributed by atoms with Crippen LogP contribution in [0.25, 0.3) is 0 Å². The van der Waals surface area contributed by atoms with Crippen LogP contribution in [0.2, 0.25) is 0 Å². The summed E-state index contributed by atoms with van der Waals surface area (Å²) >= 11 is 0. The number of carbonyl (C=O) groups is 1. The molecular weight excluding hydrogens is 202 g/mol. The van der Waals surface area contributed by atoms with Crippen LogP contribution in [0.3, 0.4) is 0 Å². The summed E-state index contributed by atoms with van der Waals surface area (Å²) in [5.41, 5.74) is -0.786. The molecule has 2 N–H and O–H groups in total. The summed E-state index contributed by atoms with van der Waals surface area (Å²) in [5.74, 6) is 0.00137. The number of carbonyl (C=O) groups excluding carboxylic acids is 1. The van der Waals surface area contributed by atoms with Gasteiger partial charge in [-0.3, -0.25) is 4.79 Å². The Morgan fingerprint density at radius 1 is 1.06 bits per heavy atom. The van der Waals surface area contributed by atoms with Gasteiger partial charge in [-0.05, 0) is 25.7 Å². The van der Waals surface area contributed by atoms with Crippen molar-refractivity contribution in [2.45, 2.75) is 60.4 Å². The van der Waals surface area contributed by atoms with Gasteiger partial charge in [0.15, 0.2) is 0 Å². The van der Waals surface area contributed by atoms with Crippen molar-refractivity contribution in [3.8, 4) is 0 Å². The minimum atomic E-state index is -0.517.